The van der Waals surface area contributed by atoms with E-state index in [1.54, 1.807) is 19.9 Å². The zero-order chi connectivity index (χ0) is 14.2. The number of aliphatic hydroxyl groups excluding tert-OH is 1. The molecule has 5 heteroatoms. The maximum atomic E-state index is 11.2. The van der Waals surface area contributed by atoms with E-state index in [1.807, 2.05) is 16.8 Å². The molecular weight excluding hydrogens is 244 g/mol. The molecule has 0 aliphatic rings. The Morgan fingerprint density at radius 3 is 2.68 bits per heavy atom. The van der Waals surface area contributed by atoms with Gasteiger partial charge in [0.2, 0.25) is 0 Å². The van der Waals surface area contributed by atoms with Gasteiger partial charge in [-0.05, 0) is 31.5 Å². The normalized spacial score (nSPS) is 12.8. The molecule has 1 aromatic carbocycles. The molecule has 0 radical (unpaired) electrons. The Morgan fingerprint density at radius 1 is 1.47 bits per heavy atom. The van der Waals surface area contributed by atoms with Gasteiger partial charge in [0.1, 0.15) is 0 Å². The average molecular weight is 262 g/mol. The van der Waals surface area contributed by atoms with Gasteiger partial charge in [-0.25, -0.2) is 4.79 Å². The Balaban J connectivity index is 2.75. The number of fused-ring (bicyclic) bond motifs is 1. The molecule has 102 valence electrons. The first-order valence-electron chi connectivity index (χ1n) is 6.20. The minimum absolute atomic E-state index is 0.264. The van der Waals surface area contributed by atoms with Gasteiger partial charge in [-0.1, -0.05) is 0 Å². The summed E-state index contributed by atoms with van der Waals surface area (Å²) in [6.07, 6.45) is 1.19. The van der Waals surface area contributed by atoms with Gasteiger partial charge < -0.3 is 20.5 Å². The molecule has 0 saturated heterocycles. The van der Waals surface area contributed by atoms with Crippen molar-refractivity contribution in [3.8, 4) is 0 Å². The van der Waals surface area contributed by atoms with E-state index in [4.69, 9.17) is 5.73 Å². The fraction of sp³-hybridized carbons (Fsp3) is 0.357. The number of nitrogens with zero attached hydrogens (tertiary/aromatic N) is 1. The number of nitrogens with two attached hydrogens (primary N) is 1. The van der Waals surface area contributed by atoms with Gasteiger partial charge in [-0.2, -0.15) is 0 Å². The minimum Gasteiger partial charge on any atom is -0.478 e. The highest BCUT2D eigenvalue weighted by Crippen LogP contribution is 2.29. The van der Waals surface area contributed by atoms with Gasteiger partial charge in [-0.3, -0.25) is 0 Å². The number of aliphatic hydroxyl groups is 1. The van der Waals surface area contributed by atoms with E-state index >= 15 is 0 Å². The zero-order valence-electron chi connectivity index (χ0n) is 11.1. The average Bonchev–Trinajstić information content (AvgIpc) is 2.67. The molecule has 1 unspecified atom stereocenters. The highest BCUT2D eigenvalue weighted by atomic mass is 16.4. The van der Waals surface area contributed by atoms with Crippen molar-refractivity contribution < 1.29 is 15.0 Å². The van der Waals surface area contributed by atoms with Crippen molar-refractivity contribution >= 4 is 16.9 Å². The Hall–Kier alpha value is -1.85. The number of carboxylic acid groups (broad SMARTS) is 1. The van der Waals surface area contributed by atoms with E-state index < -0.39 is 12.1 Å². The van der Waals surface area contributed by atoms with Gasteiger partial charge in [0.25, 0.3) is 0 Å². The monoisotopic (exact) mass is 262 g/mol. The highest BCUT2D eigenvalue weighted by Gasteiger charge is 2.16. The number of carbonyl (C=O) groups is 1. The number of hydrogen-bond donors (Lipinski definition) is 3. The third-order valence-electron chi connectivity index (χ3n) is 3.31. The lowest BCUT2D eigenvalue weighted by atomic mass is 10.0. The molecule has 0 aliphatic heterocycles. The Bertz CT molecular complexity index is 629. The van der Waals surface area contributed by atoms with Crippen molar-refractivity contribution in [1.82, 2.24) is 4.57 Å². The van der Waals surface area contributed by atoms with Crippen molar-refractivity contribution in [3.05, 3.63) is 35.0 Å². The van der Waals surface area contributed by atoms with E-state index in [1.165, 1.54) is 0 Å². The summed E-state index contributed by atoms with van der Waals surface area (Å²) in [4.78, 5) is 11.2. The van der Waals surface area contributed by atoms with E-state index in [2.05, 4.69) is 0 Å². The molecule has 0 bridgehead atoms. The lowest BCUT2D eigenvalue weighted by molar-refractivity contribution is 0.0696. The molecular formula is C14H18N2O3. The lowest BCUT2D eigenvalue weighted by Crippen LogP contribution is -2.09. The van der Waals surface area contributed by atoms with Crippen molar-refractivity contribution in [2.75, 3.05) is 6.54 Å². The molecule has 1 aromatic heterocycles. The van der Waals surface area contributed by atoms with Crippen LogP contribution in [0.25, 0.3) is 10.9 Å². The largest absolute Gasteiger partial charge is 0.478 e. The number of aromatic nitrogens is 1. The van der Waals surface area contributed by atoms with Gasteiger partial charge in [-0.15, -0.1) is 0 Å². The van der Waals surface area contributed by atoms with Crippen LogP contribution in [0, 0.1) is 6.92 Å². The molecule has 0 fully saturated rings. The van der Waals surface area contributed by atoms with E-state index in [0.29, 0.717) is 18.7 Å². The van der Waals surface area contributed by atoms with Crippen LogP contribution in [0.5, 0.6) is 0 Å². The van der Waals surface area contributed by atoms with Crippen LogP contribution < -0.4 is 5.73 Å². The van der Waals surface area contributed by atoms with Crippen LogP contribution in [-0.4, -0.2) is 27.3 Å². The third-order valence-corrected chi connectivity index (χ3v) is 3.31. The molecule has 2 aromatic rings. The fourth-order valence-corrected chi connectivity index (χ4v) is 2.36. The standard InChI is InChI=1S/C14H18N2O3/c1-8-5-13-11(6-10(8)14(18)19)12(9(2)17)7-16(13)4-3-15/h5-7,9,17H,3-4,15H2,1-2H3,(H,18,19). The highest BCUT2D eigenvalue weighted by molar-refractivity contribution is 5.96. The van der Waals surface area contributed by atoms with E-state index in [0.717, 1.165) is 16.5 Å². The number of aromatic carboxylic acids is 1. The van der Waals surface area contributed by atoms with Gasteiger partial charge >= 0.3 is 5.97 Å². The molecule has 1 atom stereocenters. The Morgan fingerprint density at radius 2 is 2.16 bits per heavy atom. The summed E-state index contributed by atoms with van der Waals surface area (Å²) in [6.45, 7) is 4.56. The number of aryl methyl sites for hydroxylation is 1. The SMILES string of the molecule is Cc1cc2c(cc1C(=O)O)c(C(C)O)cn2CCN. The smallest absolute Gasteiger partial charge is 0.335 e. The number of benzene rings is 1. The predicted molar refractivity (Wildman–Crippen MR) is 73.3 cm³/mol. The summed E-state index contributed by atoms with van der Waals surface area (Å²) in [5, 5.41) is 19.8. The summed E-state index contributed by atoms with van der Waals surface area (Å²) >= 11 is 0. The van der Waals surface area contributed by atoms with Crippen molar-refractivity contribution in [3.63, 3.8) is 0 Å². The van der Waals surface area contributed by atoms with Gasteiger partial charge in [0, 0.05) is 35.8 Å². The second-order valence-electron chi connectivity index (χ2n) is 4.73. The van der Waals surface area contributed by atoms with Crippen molar-refractivity contribution in [2.45, 2.75) is 26.5 Å². The first kappa shape index (κ1) is 13.6. The predicted octanol–water partition coefficient (Wildman–Crippen LogP) is 1.66. The summed E-state index contributed by atoms with van der Waals surface area (Å²) in [5.74, 6) is -0.956. The molecule has 0 spiro atoms. The first-order chi connectivity index (χ1) is 8.95. The first-order valence-corrected chi connectivity index (χ1v) is 6.20. The van der Waals surface area contributed by atoms with Crippen molar-refractivity contribution in [2.24, 2.45) is 5.73 Å². The maximum Gasteiger partial charge on any atom is 0.335 e. The second-order valence-corrected chi connectivity index (χ2v) is 4.73. The van der Waals surface area contributed by atoms with E-state index in [9.17, 15) is 15.0 Å². The van der Waals surface area contributed by atoms with E-state index in [-0.39, 0.29) is 5.56 Å². The summed E-state index contributed by atoms with van der Waals surface area (Å²) < 4.78 is 1.95. The molecule has 4 N–H and O–H groups in total. The quantitative estimate of drug-likeness (QED) is 0.781. The summed E-state index contributed by atoms with van der Waals surface area (Å²) in [5.41, 5.74) is 8.18. The van der Waals surface area contributed by atoms with Gasteiger partial charge in [0.05, 0.1) is 11.7 Å². The number of carboxylic acids is 1. The third kappa shape index (κ3) is 2.34. The fourth-order valence-electron chi connectivity index (χ4n) is 2.36. The zero-order valence-corrected chi connectivity index (χ0v) is 11.1. The molecule has 1 heterocycles. The van der Waals surface area contributed by atoms with Crippen LogP contribution in [0.2, 0.25) is 0 Å². The van der Waals surface area contributed by atoms with Crippen LogP contribution in [0.4, 0.5) is 0 Å². The topological polar surface area (TPSA) is 88.5 Å². The molecule has 19 heavy (non-hydrogen) atoms. The van der Waals surface area contributed by atoms with Crippen LogP contribution in [-0.2, 0) is 6.54 Å². The molecule has 0 amide bonds. The van der Waals surface area contributed by atoms with Crippen LogP contribution in [0.15, 0.2) is 18.3 Å². The number of hydrogen-bond acceptors (Lipinski definition) is 3. The second kappa shape index (κ2) is 5.03. The summed E-state index contributed by atoms with van der Waals surface area (Å²) in [6, 6.07) is 3.46. The van der Waals surface area contributed by atoms with Crippen molar-refractivity contribution in [1.29, 1.82) is 0 Å². The molecule has 5 nitrogen and oxygen atoms in total. The molecule has 0 aliphatic carbocycles. The van der Waals surface area contributed by atoms with Crippen LogP contribution in [0.3, 0.4) is 0 Å². The Kier molecular flexibility index (Phi) is 3.59. The molecule has 0 saturated carbocycles. The van der Waals surface area contributed by atoms with Crippen LogP contribution >= 0.6 is 0 Å². The summed E-state index contributed by atoms with van der Waals surface area (Å²) in [7, 11) is 0. The van der Waals surface area contributed by atoms with Gasteiger partial charge in [0.15, 0.2) is 0 Å². The lowest BCUT2D eigenvalue weighted by Gasteiger charge is -2.06. The van der Waals surface area contributed by atoms with Crippen LogP contribution in [0.1, 0.15) is 34.5 Å². The Labute approximate surface area is 111 Å². The maximum absolute atomic E-state index is 11.2. The molecule has 2 rings (SSSR count). The minimum atomic E-state index is -0.956. The number of rotatable bonds is 4.